The minimum atomic E-state index is -0.521. The average Bonchev–Trinajstić information content (AvgIpc) is 2.85. The molecule has 1 aliphatic heterocycles. The van der Waals surface area contributed by atoms with Gasteiger partial charge in [0, 0.05) is 27.0 Å². The van der Waals surface area contributed by atoms with Crippen LogP contribution in [0.1, 0.15) is 31.6 Å². The second kappa shape index (κ2) is 8.45. The number of benzene rings is 2. The number of unbranched alkanes of at least 4 members (excludes halogenated alkanes) is 1. The van der Waals surface area contributed by atoms with Crippen LogP contribution in [0.2, 0.25) is 0 Å². The van der Waals surface area contributed by atoms with Crippen LogP contribution in [0.3, 0.4) is 0 Å². The Morgan fingerprint density at radius 3 is 2.79 bits per heavy atom. The van der Waals surface area contributed by atoms with E-state index in [4.69, 9.17) is 4.74 Å². The van der Waals surface area contributed by atoms with Gasteiger partial charge in [-0.15, -0.1) is 10.2 Å². The van der Waals surface area contributed by atoms with Gasteiger partial charge in [0.15, 0.2) is 11.9 Å². The van der Waals surface area contributed by atoms with Crippen LogP contribution in [0, 0.1) is 5.82 Å². The molecule has 8 heteroatoms. The monoisotopic (exact) mass is 460 g/mol. The number of rotatable bonds is 5. The highest BCUT2D eigenvalue weighted by molar-refractivity contribution is 9.10. The van der Waals surface area contributed by atoms with Crippen molar-refractivity contribution >= 4 is 33.4 Å². The molecule has 28 heavy (non-hydrogen) atoms. The van der Waals surface area contributed by atoms with Gasteiger partial charge in [0.2, 0.25) is 11.0 Å². The molecule has 5 nitrogen and oxygen atoms in total. The van der Waals surface area contributed by atoms with Crippen LogP contribution in [-0.2, 0) is 0 Å². The van der Waals surface area contributed by atoms with Gasteiger partial charge < -0.3 is 10.1 Å². The van der Waals surface area contributed by atoms with Crippen molar-refractivity contribution in [2.24, 2.45) is 0 Å². The zero-order valence-electron chi connectivity index (χ0n) is 15.2. The van der Waals surface area contributed by atoms with Crippen LogP contribution in [0.4, 0.5) is 10.1 Å². The molecule has 144 valence electrons. The highest BCUT2D eigenvalue weighted by atomic mass is 79.9. The van der Waals surface area contributed by atoms with Crippen LogP contribution < -0.4 is 10.1 Å². The standard InChI is InChI=1S/C20H18BrFN4OS/c1-2-3-10-28-20-24-19-17(25-26-20)15-11-13(21)6-9-16(15)23-18(27-19)12-4-7-14(22)8-5-12/h4-9,11,18,23H,2-3,10H2,1H3. The van der Waals surface area contributed by atoms with Crippen LogP contribution in [0.15, 0.2) is 52.1 Å². The number of fused-ring (bicyclic) bond motifs is 3. The Kier molecular flexibility index (Phi) is 5.77. The Hall–Kier alpha value is -2.19. The maximum Gasteiger partial charge on any atom is 0.247 e. The molecule has 3 aromatic rings. The van der Waals surface area contributed by atoms with Crippen molar-refractivity contribution in [3.8, 4) is 17.1 Å². The van der Waals surface area contributed by atoms with E-state index in [-0.39, 0.29) is 5.82 Å². The lowest BCUT2D eigenvalue weighted by atomic mass is 10.1. The molecule has 0 amide bonds. The number of thioether (sulfide) groups is 1. The maximum absolute atomic E-state index is 13.4. The van der Waals surface area contributed by atoms with Crippen molar-refractivity contribution in [2.75, 3.05) is 11.1 Å². The summed E-state index contributed by atoms with van der Waals surface area (Å²) in [6.45, 7) is 2.15. The third-order valence-corrected chi connectivity index (χ3v) is 5.71. The largest absolute Gasteiger partial charge is 0.448 e. The Balaban J connectivity index is 1.76. The quantitative estimate of drug-likeness (QED) is 0.381. The number of nitrogens with zero attached hydrogens (tertiary/aromatic N) is 3. The van der Waals surface area contributed by atoms with Crippen LogP contribution >= 0.6 is 27.7 Å². The molecular weight excluding hydrogens is 443 g/mol. The number of ether oxygens (including phenoxy) is 1. The number of nitrogens with one attached hydrogen (secondary N) is 1. The molecule has 4 rings (SSSR count). The van der Waals surface area contributed by atoms with Crippen molar-refractivity contribution < 1.29 is 9.13 Å². The number of hydrogen-bond acceptors (Lipinski definition) is 6. The minimum Gasteiger partial charge on any atom is -0.448 e. The highest BCUT2D eigenvalue weighted by Crippen LogP contribution is 2.40. The molecule has 0 bridgehead atoms. The Morgan fingerprint density at radius 1 is 1.18 bits per heavy atom. The third kappa shape index (κ3) is 4.12. The van der Waals surface area contributed by atoms with Gasteiger partial charge in [-0.25, -0.2) is 4.39 Å². The van der Waals surface area contributed by atoms with E-state index in [0.717, 1.165) is 39.9 Å². The van der Waals surface area contributed by atoms with Crippen molar-refractivity contribution in [3.05, 3.63) is 58.3 Å². The number of hydrogen-bond donors (Lipinski definition) is 1. The van der Waals surface area contributed by atoms with E-state index in [1.165, 1.54) is 12.1 Å². The summed E-state index contributed by atoms with van der Waals surface area (Å²) in [5, 5.41) is 12.6. The first-order chi connectivity index (χ1) is 13.6. The van der Waals surface area contributed by atoms with Gasteiger partial charge in [0.1, 0.15) is 5.82 Å². The van der Waals surface area contributed by atoms with Gasteiger partial charge >= 0.3 is 0 Å². The summed E-state index contributed by atoms with van der Waals surface area (Å²) >= 11 is 5.07. The minimum absolute atomic E-state index is 0.291. The summed E-state index contributed by atoms with van der Waals surface area (Å²) in [5.74, 6) is 1.05. The summed E-state index contributed by atoms with van der Waals surface area (Å²) < 4.78 is 20.5. The van der Waals surface area contributed by atoms with Crippen LogP contribution in [0.25, 0.3) is 11.3 Å². The molecule has 0 aliphatic carbocycles. The van der Waals surface area contributed by atoms with Crippen molar-refractivity contribution in [3.63, 3.8) is 0 Å². The number of aromatic nitrogens is 3. The van der Waals surface area contributed by atoms with E-state index in [1.807, 2.05) is 18.2 Å². The molecule has 1 N–H and O–H groups in total. The van der Waals surface area contributed by atoms with Gasteiger partial charge in [-0.2, -0.15) is 4.98 Å². The topological polar surface area (TPSA) is 59.9 Å². The molecule has 1 unspecified atom stereocenters. The lowest BCUT2D eigenvalue weighted by Crippen LogP contribution is -2.17. The van der Waals surface area contributed by atoms with Gasteiger partial charge in [0.05, 0.1) is 0 Å². The van der Waals surface area contributed by atoms with Gasteiger partial charge in [-0.3, -0.25) is 0 Å². The lowest BCUT2D eigenvalue weighted by molar-refractivity contribution is 0.225. The molecular formula is C20H18BrFN4OS. The van der Waals surface area contributed by atoms with Crippen molar-refractivity contribution in [2.45, 2.75) is 31.1 Å². The fourth-order valence-corrected chi connectivity index (χ4v) is 4.05. The van der Waals surface area contributed by atoms with E-state index in [0.29, 0.717) is 16.7 Å². The third-order valence-electron chi connectivity index (χ3n) is 4.29. The average molecular weight is 461 g/mol. The second-order valence-corrected chi connectivity index (χ2v) is 8.31. The smallest absolute Gasteiger partial charge is 0.247 e. The first-order valence-electron chi connectivity index (χ1n) is 9.00. The maximum atomic E-state index is 13.4. The lowest BCUT2D eigenvalue weighted by Gasteiger charge is -2.19. The van der Waals surface area contributed by atoms with E-state index in [2.05, 4.69) is 43.4 Å². The van der Waals surface area contributed by atoms with Crippen LogP contribution in [-0.4, -0.2) is 20.9 Å². The molecule has 1 aromatic heterocycles. The number of anilines is 1. The Morgan fingerprint density at radius 2 is 2.00 bits per heavy atom. The van der Waals surface area contributed by atoms with E-state index in [9.17, 15) is 4.39 Å². The number of halogens is 2. The fourth-order valence-electron chi connectivity index (χ4n) is 2.83. The predicted molar refractivity (Wildman–Crippen MR) is 112 cm³/mol. The molecule has 0 radical (unpaired) electrons. The predicted octanol–water partition coefficient (Wildman–Crippen LogP) is 5.84. The first-order valence-corrected chi connectivity index (χ1v) is 10.8. The first kappa shape index (κ1) is 19.1. The normalized spacial score (nSPS) is 15.0. The molecule has 2 heterocycles. The molecule has 1 atom stereocenters. The summed E-state index contributed by atoms with van der Waals surface area (Å²) in [6.07, 6.45) is 1.67. The van der Waals surface area contributed by atoms with Gasteiger partial charge in [-0.05, 0) is 36.8 Å². The zero-order chi connectivity index (χ0) is 19.5. The molecule has 2 aromatic carbocycles. The SMILES string of the molecule is CCCCSc1nnc2c(n1)OC(c1ccc(F)cc1)Nc1ccc(Br)cc1-2. The zero-order valence-corrected chi connectivity index (χ0v) is 17.6. The molecule has 0 saturated carbocycles. The van der Waals surface area contributed by atoms with Gasteiger partial charge in [0.25, 0.3) is 0 Å². The summed E-state index contributed by atoms with van der Waals surface area (Å²) in [7, 11) is 0. The molecule has 0 saturated heterocycles. The van der Waals surface area contributed by atoms with Crippen molar-refractivity contribution in [1.29, 1.82) is 0 Å². The van der Waals surface area contributed by atoms with Gasteiger partial charge in [-0.1, -0.05) is 53.2 Å². The van der Waals surface area contributed by atoms with E-state index in [1.54, 1.807) is 23.9 Å². The molecule has 0 fully saturated rings. The fraction of sp³-hybridized carbons (Fsp3) is 0.250. The highest BCUT2D eigenvalue weighted by Gasteiger charge is 2.26. The van der Waals surface area contributed by atoms with Crippen LogP contribution in [0.5, 0.6) is 5.88 Å². The summed E-state index contributed by atoms with van der Waals surface area (Å²) in [4.78, 5) is 4.60. The Labute approximate surface area is 175 Å². The summed E-state index contributed by atoms with van der Waals surface area (Å²) in [6, 6.07) is 12.1. The molecule has 1 aliphatic rings. The summed E-state index contributed by atoms with van der Waals surface area (Å²) in [5.41, 5.74) is 3.06. The van der Waals surface area contributed by atoms with E-state index >= 15 is 0 Å². The molecule has 0 spiro atoms. The second-order valence-electron chi connectivity index (χ2n) is 6.33. The Bertz CT molecular complexity index is 986. The van der Waals surface area contributed by atoms with E-state index < -0.39 is 6.23 Å². The van der Waals surface area contributed by atoms with Crippen molar-refractivity contribution in [1.82, 2.24) is 15.2 Å².